The van der Waals surface area contributed by atoms with Crippen LogP contribution in [0.2, 0.25) is 0 Å². The Kier molecular flexibility index (Phi) is 4.93. The molecule has 6 heteroatoms. The molecule has 0 aliphatic carbocycles. The molecule has 2 atom stereocenters. The molecule has 2 rings (SSSR count). The quantitative estimate of drug-likeness (QED) is 0.348. The van der Waals surface area contributed by atoms with Gasteiger partial charge < -0.3 is 9.47 Å². The Hall–Kier alpha value is -2.63. The fourth-order valence-electron chi connectivity index (χ4n) is 2.26. The number of nitrogens with zero attached hydrogens (tertiary/aromatic N) is 1. The van der Waals surface area contributed by atoms with E-state index in [0.717, 1.165) is 0 Å². The van der Waals surface area contributed by atoms with Crippen LogP contribution in [0.5, 0.6) is 0 Å². The van der Waals surface area contributed by atoms with Crippen molar-refractivity contribution < 1.29 is 23.9 Å². The van der Waals surface area contributed by atoms with E-state index in [0.29, 0.717) is 5.56 Å². The number of hydrogen-bond donors (Lipinski definition) is 0. The van der Waals surface area contributed by atoms with E-state index in [1.807, 2.05) is 6.07 Å². The Morgan fingerprint density at radius 3 is 2.68 bits per heavy atom. The van der Waals surface area contributed by atoms with E-state index in [9.17, 15) is 14.4 Å². The third-order valence-electron chi connectivity index (χ3n) is 3.33. The second-order valence-corrected chi connectivity index (χ2v) is 4.82. The van der Waals surface area contributed by atoms with Crippen LogP contribution in [-0.2, 0) is 14.3 Å². The zero-order valence-electron chi connectivity index (χ0n) is 12.2. The lowest BCUT2D eigenvalue weighted by Gasteiger charge is -2.42. The topological polar surface area (TPSA) is 72.9 Å². The third kappa shape index (κ3) is 3.33. The Morgan fingerprint density at radius 2 is 2.09 bits per heavy atom. The van der Waals surface area contributed by atoms with Crippen molar-refractivity contribution in [2.45, 2.75) is 25.6 Å². The van der Waals surface area contributed by atoms with E-state index >= 15 is 0 Å². The predicted molar refractivity (Wildman–Crippen MR) is 78.1 cm³/mol. The predicted octanol–water partition coefficient (Wildman–Crippen LogP) is 2.16. The van der Waals surface area contributed by atoms with Crippen LogP contribution in [0.1, 0.15) is 23.7 Å². The van der Waals surface area contributed by atoms with E-state index in [-0.39, 0.29) is 24.7 Å². The zero-order valence-corrected chi connectivity index (χ0v) is 12.2. The summed E-state index contributed by atoms with van der Waals surface area (Å²) < 4.78 is 9.68. The van der Waals surface area contributed by atoms with Gasteiger partial charge in [0.25, 0.3) is 0 Å². The van der Waals surface area contributed by atoms with Gasteiger partial charge >= 0.3 is 6.16 Å². The highest BCUT2D eigenvalue weighted by Gasteiger charge is 2.45. The van der Waals surface area contributed by atoms with Crippen LogP contribution < -0.4 is 0 Å². The van der Waals surface area contributed by atoms with Crippen molar-refractivity contribution in [3.05, 3.63) is 48.6 Å². The summed E-state index contributed by atoms with van der Waals surface area (Å²) >= 11 is 0. The summed E-state index contributed by atoms with van der Waals surface area (Å²) in [5.41, 5.74) is 0.520. The van der Waals surface area contributed by atoms with Crippen molar-refractivity contribution in [1.29, 1.82) is 0 Å². The number of rotatable bonds is 6. The van der Waals surface area contributed by atoms with Crippen molar-refractivity contribution in [3.8, 4) is 0 Å². The van der Waals surface area contributed by atoms with Gasteiger partial charge in [-0.2, -0.15) is 0 Å². The maximum atomic E-state index is 12.4. The largest absolute Gasteiger partial charge is 0.510 e. The van der Waals surface area contributed by atoms with Crippen LogP contribution in [0.4, 0.5) is 4.79 Å². The van der Waals surface area contributed by atoms with Gasteiger partial charge in [0, 0.05) is 5.56 Å². The molecule has 1 fully saturated rings. The minimum atomic E-state index is -0.905. The minimum absolute atomic E-state index is 0.0197. The van der Waals surface area contributed by atoms with E-state index in [1.54, 1.807) is 24.3 Å². The summed E-state index contributed by atoms with van der Waals surface area (Å²) in [5.74, 6) is -0.409. The van der Waals surface area contributed by atoms with Crippen molar-refractivity contribution in [2.75, 3.05) is 6.61 Å². The molecule has 1 unspecified atom stereocenters. The lowest BCUT2D eigenvalue weighted by Crippen LogP contribution is -2.60. The molecule has 1 aliphatic heterocycles. The van der Waals surface area contributed by atoms with Gasteiger partial charge in [0.15, 0.2) is 12.0 Å². The van der Waals surface area contributed by atoms with Crippen LogP contribution >= 0.6 is 0 Å². The molecule has 6 nitrogen and oxygen atoms in total. The molecule has 0 spiro atoms. The van der Waals surface area contributed by atoms with E-state index in [4.69, 9.17) is 9.47 Å². The lowest BCUT2D eigenvalue weighted by atomic mass is 9.93. The number of Topliss-reactive ketones (excluding diaryl/α,β-unsaturated/α-hetero) is 1. The van der Waals surface area contributed by atoms with Crippen LogP contribution in [-0.4, -0.2) is 41.6 Å². The Bertz CT molecular complexity index is 583. The number of β-lactam (4-membered cyclic amide) rings is 1. The van der Waals surface area contributed by atoms with E-state index in [2.05, 4.69) is 6.58 Å². The Morgan fingerprint density at radius 1 is 1.41 bits per heavy atom. The maximum Gasteiger partial charge on any atom is 0.510 e. The molecule has 0 saturated carbocycles. The maximum absolute atomic E-state index is 12.4. The first-order chi connectivity index (χ1) is 10.5. The molecular formula is C16H17NO5. The van der Waals surface area contributed by atoms with E-state index in [1.165, 1.54) is 17.9 Å². The molecule has 1 aromatic rings. The number of amides is 1. The van der Waals surface area contributed by atoms with Crippen LogP contribution in [0.25, 0.3) is 0 Å². The smallest absolute Gasteiger partial charge is 0.430 e. The first-order valence-corrected chi connectivity index (χ1v) is 6.89. The van der Waals surface area contributed by atoms with Crippen LogP contribution in [0, 0.1) is 0 Å². The Balaban J connectivity index is 2.00. The molecule has 116 valence electrons. The van der Waals surface area contributed by atoms with E-state index < -0.39 is 18.4 Å². The number of benzene rings is 1. The van der Waals surface area contributed by atoms with Gasteiger partial charge in [0.05, 0.1) is 6.42 Å². The first-order valence-electron chi connectivity index (χ1n) is 6.89. The van der Waals surface area contributed by atoms with Gasteiger partial charge in [-0.3, -0.25) is 14.5 Å². The highest BCUT2D eigenvalue weighted by Crippen LogP contribution is 2.26. The van der Waals surface area contributed by atoms with Crippen LogP contribution in [0.3, 0.4) is 0 Å². The average molecular weight is 303 g/mol. The first kappa shape index (κ1) is 15.8. The zero-order chi connectivity index (χ0) is 16.1. The number of carbonyl (C=O) groups is 3. The second-order valence-electron chi connectivity index (χ2n) is 4.82. The molecule has 1 amide bonds. The SMILES string of the molecule is C=CCOC(=O)O[C@@H](C)N1C(=O)CC1C(=O)c1ccccc1. The summed E-state index contributed by atoms with van der Waals surface area (Å²) in [6, 6.07) is 8.08. The fourth-order valence-corrected chi connectivity index (χ4v) is 2.26. The van der Waals surface area contributed by atoms with Crippen molar-refractivity contribution in [2.24, 2.45) is 0 Å². The number of ketones is 1. The molecular weight excluding hydrogens is 286 g/mol. The highest BCUT2D eigenvalue weighted by molar-refractivity contribution is 6.07. The standard InChI is InChI=1S/C16H17NO5/c1-3-9-21-16(20)22-11(2)17-13(10-14(17)18)15(19)12-7-5-4-6-8-12/h3-8,11,13H,1,9-10H2,2H3/t11-,13?/m0/s1. The molecule has 0 radical (unpaired) electrons. The molecule has 1 aromatic carbocycles. The van der Waals surface area contributed by atoms with Gasteiger partial charge in [0.1, 0.15) is 12.6 Å². The van der Waals surface area contributed by atoms with Gasteiger partial charge in [-0.1, -0.05) is 43.0 Å². The van der Waals surface area contributed by atoms with Gasteiger partial charge in [-0.15, -0.1) is 0 Å². The summed E-state index contributed by atoms with van der Waals surface area (Å²) in [5, 5.41) is 0. The number of carbonyl (C=O) groups excluding carboxylic acids is 3. The second kappa shape index (κ2) is 6.89. The molecule has 0 N–H and O–H groups in total. The number of likely N-dealkylation sites (tertiary alicyclic amines) is 1. The highest BCUT2D eigenvalue weighted by atomic mass is 16.7. The Labute approximate surface area is 128 Å². The average Bonchev–Trinajstić information content (AvgIpc) is 2.50. The monoisotopic (exact) mass is 303 g/mol. The van der Waals surface area contributed by atoms with Gasteiger partial charge in [-0.05, 0) is 6.92 Å². The minimum Gasteiger partial charge on any atom is -0.430 e. The number of hydrogen-bond acceptors (Lipinski definition) is 5. The summed E-state index contributed by atoms with van der Waals surface area (Å²) in [4.78, 5) is 36.8. The third-order valence-corrected chi connectivity index (χ3v) is 3.33. The van der Waals surface area contributed by atoms with Crippen molar-refractivity contribution >= 4 is 17.8 Å². The lowest BCUT2D eigenvalue weighted by molar-refractivity contribution is -0.159. The van der Waals surface area contributed by atoms with Gasteiger partial charge in [-0.25, -0.2) is 4.79 Å². The van der Waals surface area contributed by atoms with Gasteiger partial charge in [0.2, 0.25) is 5.91 Å². The molecule has 1 heterocycles. The molecule has 1 saturated heterocycles. The van der Waals surface area contributed by atoms with Crippen LogP contribution in [0.15, 0.2) is 43.0 Å². The summed E-state index contributed by atoms with van der Waals surface area (Å²) in [6.45, 7) is 4.96. The normalized spacial score (nSPS) is 18.1. The fraction of sp³-hybridized carbons (Fsp3) is 0.312. The number of ether oxygens (including phenoxy) is 2. The van der Waals surface area contributed by atoms with Crippen molar-refractivity contribution in [1.82, 2.24) is 4.90 Å². The summed E-state index contributed by atoms with van der Waals surface area (Å²) in [7, 11) is 0. The van der Waals surface area contributed by atoms with Crippen molar-refractivity contribution in [3.63, 3.8) is 0 Å². The molecule has 1 aliphatic rings. The molecule has 0 aromatic heterocycles. The molecule has 0 bridgehead atoms. The summed E-state index contributed by atoms with van der Waals surface area (Å²) in [6.07, 6.45) is -0.250. The molecule has 22 heavy (non-hydrogen) atoms.